The normalized spacial score (nSPS) is 21.2. The lowest BCUT2D eigenvalue weighted by Gasteiger charge is -2.37. The van der Waals surface area contributed by atoms with Crippen LogP contribution < -0.4 is 5.32 Å². The monoisotopic (exact) mass is 293 g/mol. The highest BCUT2D eigenvalue weighted by molar-refractivity contribution is 5.43. The first-order chi connectivity index (χ1) is 10.0. The Morgan fingerprint density at radius 2 is 2.33 bits per heavy atom. The van der Waals surface area contributed by atoms with Crippen LogP contribution in [0.3, 0.4) is 0 Å². The molecule has 2 rings (SSSR count). The molecule has 2 atom stereocenters. The molecule has 2 unspecified atom stereocenters. The van der Waals surface area contributed by atoms with Gasteiger partial charge in [-0.15, -0.1) is 0 Å². The summed E-state index contributed by atoms with van der Waals surface area (Å²) in [6.45, 7) is 7.06. The predicted molar refractivity (Wildman–Crippen MR) is 81.5 cm³/mol. The van der Waals surface area contributed by atoms with Crippen molar-refractivity contribution in [1.29, 1.82) is 0 Å². The summed E-state index contributed by atoms with van der Waals surface area (Å²) in [5.41, 5.74) is 1.88. The fourth-order valence-corrected chi connectivity index (χ4v) is 2.74. The van der Waals surface area contributed by atoms with Crippen LogP contribution in [0, 0.1) is 17.0 Å². The number of likely N-dealkylation sites (N-methyl/N-ethyl adjacent to an activating group) is 1. The van der Waals surface area contributed by atoms with Crippen LogP contribution in [0.5, 0.6) is 0 Å². The molecule has 1 aromatic carbocycles. The van der Waals surface area contributed by atoms with Crippen LogP contribution in [0.25, 0.3) is 0 Å². The van der Waals surface area contributed by atoms with Crippen molar-refractivity contribution in [1.82, 2.24) is 10.2 Å². The van der Waals surface area contributed by atoms with E-state index in [-0.39, 0.29) is 22.8 Å². The van der Waals surface area contributed by atoms with Gasteiger partial charge in [-0.1, -0.05) is 12.1 Å². The number of ether oxygens (including phenoxy) is 1. The Morgan fingerprint density at radius 3 is 3.00 bits per heavy atom. The SMILES string of the molecule is CNCC1CN(C(C)c2ccc(C)c([N+](=O)[O-])c2)CCO1. The lowest BCUT2D eigenvalue weighted by Crippen LogP contribution is -2.46. The molecule has 0 radical (unpaired) electrons. The molecule has 21 heavy (non-hydrogen) atoms. The molecule has 1 fully saturated rings. The van der Waals surface area contributed by atoms with E-state index in [2.05, 4.69) is 17.1 Å². The number of nitro groups is 1. The van der Waals surface area contributed by atoms with Gasteiger partial charge in [-0.3, -0.25) is 15.0 Å². The van der Waals surface area contributed by atoms with Crippen LogP contribution in [0.1, 0.15) is 24.1 Å². The van der Waals surface area contributed by atoms with Gasteiger partial charge in [-0.2, -0.15) is 0 Å². The van der Waals surface area contributed by atoms with Gasteiger partial charge in [0.25, 0.3) is 5.69 Å². The van der Waals surface area contributed by atoms with Crippen molar-refractivity contribution in [3.05, 3.63) is 39.4 Å². The summed E-state index contributed by atoms with van der Waals surface area (Å²) >= 11 is 0. The Hall–Kier alpha value is -1.50. The van der Waals surface area contributed by atoms with Crippen LogP contribution in [0.2, 0.25) is 0 Å². The Balaban J connectivity index is 2.13. The molecule has 6 nitrogen and oxygen atoms in total. The molecule has 0 aromatic heterocycles. The highest BCUT2D eigenvalue weighted by atomic mass is 16.6. The van der Waals surface area contributed by atoms with E-state index in [0.717, 1.165) is 25.2 Å². The number of rotatable bonds is 5. The molecule has 0 bridgehead atoms. The summed E-state index contributed by atoms with van der Waals surface area (Å²) in [6, 6.07) is 5.65. The molecule has 0 spiro atoms. The minimum Gasteiger partial charge on any atom is -0.374 e. The first kappa shape index (κ1) is 15.9. The van der Waals surface area contributed by atoms with E-state index in [1.165, 1.54) is 0 Å². The van der Waals surface area contributed by atoms with E-state index in [9.17, 15) is 10.1 Å². The summed E-state index contributed by atoms with van der Waals surface area (Å²) in [7, 11) is 1.91. The average Bonchev–Trinajstić information content (AvgIpc) is 2.47. The zero-order valence-electron chi connectivity index (χ0n) is 12.8. The average molecular weight is 293 g/mol. The largest absolute Gasteiger partial charge is 0.374 e. The number of morpholine rings is 1. The zero-order chi connectivity index (χ0) is 15.4. The molecule has 1 aromatic rings. The van der Waals surface area contributed by atoms with Gasteiger partial charge < -0.3 is 10.1 Å². The second-order valence-corrected chi connectivity index (χ2v) is 5.52. The zero-order valence-corrected chi connectivity index (χ0v) is 12.8. The topological polar surface area (TPSA) is 67.6 Å². The van der Waals surface area contributed by atoms with Gasteiger partial charge in [-0.25, -0.2) is 0 Å². The van der Waals surface area contributed by atoms with Crippen LogP contribution >= 0.6 is 0 Å². The van der Waals surface area contributed by atoms with Crippen molar-refractivity contribution in [3.8, 4) is 0 Å². The van der Waals surface area contributed by atoms with Gasteiger partial charge in [0.15, 0.2) is 0 Å². The molecule has 1 N–H and O–H groups in total. The smallest absolute Gasteiger partial charge is 0.272 e. The molecule has 1 heterocycles. The minimum atomic E-state index is -0.311. The molecular weight excluding hydrogens is 270 g/mol. The fourth-order valence-electron chi connectivity index (χ4n) is 2.74. The van der Waals surface area contributed by atoms with Crippen LogP contribution in [-0.4, -0.2) is 49.2 Å². The summed E-state index contributed by atoms with van der Waals surface area (Å²) in [4.78, 5) is 13.1. The van der Waals surface area contributed by atoms with E-state index in [1.54, 1.807) is 13.0 Å². The van der Waals surface area contributed by atoms with E-state index >= 15 is 0 Å². The van der Waals surface area contributed by atoms with E-state index < -0.39 is 0 Å². The fraction of sp³-hybridized carbons (Fsp3) is 0.600. The maximum atomic E-state index is 11.1. The number of nitro benzene ring substituents is 1. The van der Waals surface area contributed by atoms with Crippen molar-refractivity contribution < 1.29 is 9.66 Å². The number of hydrogen-bond acceptors (Lipinski definition) is 5. The highest BCUT2D eigenvalue weighted by Gasteiger charge is 2.25. The standard InChI is InChI=1S/C15H23N3O3/c1-11-4-5-13(8-15(11)18(19)20)12(2)17-6-7-21-14(10-17)9-16-3/h4-5,8,12,14,16H,6-7,9-10H2,1-3H3. The highest BCUT2D eigenvalue weighted by Crippen LogP contribution is 2.27. The van der Waals surface area contributed by atoms with Gasteiger partial charge in [0, 0.05) is 37.3 Å². The van der Waals surface area contributed by atoms with Crippen LogP contribution in [0.4, 0.5) is 5.69 Å². The summed E-state index contributed by atoms with van der Waals surface area (Å²) < 4.78 is 5.70. The summed E-state index contributed by atoms with van der Waals surface area (Å²) in [5, 5.41) is 14.2. The van der Waals surface area contributed by atoms with Gasteiger partial charge in [0.05, 0.1) is 17.6 Å². The lowest BCUT2D eigenvalue weighted by atomic mass is 10.0. The third-order valence-electron chi connectivity index (χ3n) is 4.06. The van der Waals surface area contributed by atoms with E-state index in [1.807, 2.05) is 19.2 Å². The van der Waals surface area contributed by atoms with Gasteiger partial charge in [0.2, 0.25) is 0 Å². The number of aryl methyl sites for hydroxylation is 1. The molecule has 0 amide bonds. The minimum absolute atomic E-state index is 0.146. The van der Waals surface area contributed by atoms with Gasteiger partial charge in [0.1, 0.15) is 0 Å². The molecule has 1 aliphatic heterocycles. The molecule has 6 heteroatoms. The van der Waals surface area contributed by atoms with Gasteiger partial charge >= 0.3 is 0 Å². The van der Waals surface area contributed by atoms with Gasteiger partial charge in [-0.05, 0) is 26.5 Å². The van der Waals surface area contributed by atoms with Crippen molar-refractivity contribution in [2.24, 2.45) is 0 Å². The molecule has 116 valence electrons. The Bertz CT molecular complexity index is 505. The third-order valence-corrected chi connectivity index (χ3v) is 4.06. The predicted octanol–water partition coefficient (Wildman–Crippen LogP) is 1.88. The van der Waals surface area contributed by atoms with Crippen molar-refractivity contribution in [2.75, 3.05) is 33.3 Å². The van der Waals surface area contributed by atoms with Crippen molar-refractivity contribution >= 4 is 5.69 Å². The van der Waals surface area contributed by atoms with Crippen LogP contribution in [-0.2, 0) is 4.74 Å². The number of nitrogens with one attached hydrogen (secondary N) is 1. The Morgan fingerprint density at radius 1 is 1.57 bits per heavy atom. The third kappa shape index (κ3) is 3.78. The number of benzene rings is 1. The molecular formula is C15H23N3O3. The number of nitrogens with zero attached hydrogens (tertiary/aromatic N) is 2. The second-order valence-electron chi connectivity index (χ2n) is 5.52. The Kier molecular flexibility index (Phi) is 5.27. The molecule has 0 saturated carbocycles. The first-order valence-corrected chi connectivity index (χ1v) is 7.28. The molecule has 0 aliphatic carbocycles. The van der Waals surface area contributed by atoms with Crippen molar-refractivity contribution in [3.63, 3.8) is 0 Å². The lowest BCUT2D eigenvalue weighted by molar-refractivity contribution is -0.385. The number of hydrogen-bond donors (Lipinski definition) is 1. The Labute approximate surface area is 125 Å². The van der Waals surface area contributed by atoms with Crippen molar-refractivity contribution in [2.45, 2.75) is 26.0 Å². The molecule has 1 aliphatic rings. The summed E-state index contributed by atoms with van der Waals surface area (Å²) in [5.74, 6) is 0. The summed E-state index contributed by atoms with van der Waals surface area (Å²) in [6.07, 6.45) is 0.173. The maximum absolute atomic E-state index is 11.1. The quantitative estimate of drug-likeness (QED) is 0.663. The van der Waals surface area contributed by atoms with E-state index in [0.29, 0.717) is 12.2 Å². The maximum Gasteiger partial charge on any atom is 0.272 e. The second kappa shape index (κ2) is 6.98. The van der Waals surface area contributed by atoms with Crippen LogP contribution in [0.15, 0.2) is 18.2 Å². The molecule has 1 saturated heterocycles. The van der Waals surface area contributed by atoms with E-state index in [4.69, 9.17) is 4.74 Å². The first-order valence-electron chi connectivity index (χ1n) is 7.28.